The summed E-state index contributed by atoms with van der Waals surface area (Å²) < 4.78 is 2.45. The lowest BCUT2D eigenvalue weighted by atomic mass is 10.2. The minimum absolute atomic E-state index is 0.155. The largest absolute Gasteiger partial charge is 0.337 e. The molecule has 2 N–H and O–H groups in total. The molecule has 1 amide bonds. The number of carbonyl (C=O) groups excluding carboxylic acids is 1. The molecule has 3 heterocycles. The van der Waals surface area contributed by atoms with Crippen LogP contribution < -0.4 is 5.32 Å². The fourth-order valence-electron chi connectivity index (χ4n) is 2.56. The zero-order valence-corrected chi connectivity index (χ0v) is 16.2. The molecule has 0 radical (unpaired) electrons. The summed E-state index contributed by atoms with van der Waals surface area (Å²) in [6.07, 6.45) is 3.63. The molecule has 0 spiro atoms. The standard InChI is InChI=1S/C18H14N4OS3/c1-11-15(26-17(20-11)14-6-3-9-25-14)16(23)21-12-4-2-5-13(10-12)22-8-7-19-18(22)24/h2-10H,1H3,(H,19,24)(H,21,23). The molecular weight excluding hydrogens is 384 g/mol. The third-order valence-electron chi connectivity index (χ3n) is 3.77. The lowest BCUT2D eigenvalue weighted by Crippen LogP contribution is -2.11. The first-order chi connectivity index (χ1) is 12.6. The number of rotatable bonds is 4. The van der Waals surface area contributed by atoms with Crippen molar-refractivity contribution in [2.24, 2.45) is 0 Å². The van der Waals surface area contributed by atoms with Gasteiger partial charge in [0, 0.05) is 23.8 Å². The van der Waals surface area contributed by atoms with Crippen LogP contribution in [0.4, 0.5) is 5.69 Å². The second-order valence-corrected chi connectivity index (χ2v) is 7.88. The highest BCUT2D eigenvalue weighted by molar-refractivity contribution is 7.71. The van der Waals surface area contributed by atoms with Crippen LogP contribution in [-0.4, -0.2) is 20.4 Å². The van der Waals surface area contributed by atoms with Gasteiger partial charge in [0.25, 0.3) is 5.91 Å². The summed E-state index contributed by atoms with van der Waals surface area (Å²) in [4.78, 5) is 21.9. The Labute approximate surface area is 163 Å². The topological polar surface area (TPSA) is 62.7 Å². The number of hydrogen-bond donors (Lipinski definition) is 2. The molecule has 0 unspecified atom stereocenters. The van der Waals surface area contributed by atoms with E-state index in [2.05, 4.69) is 15.3 Å². The highest BCUT2D eigenvalue weighted by atomic mass is 32.1. The van der Waals surface area contributed by atoms with E-state index in [9.17, 15) is 4.79 Å². The predicted octanol–water partition coefficient (Wildman–Crippen LogP) is 5.28. The molecule has 0 fully saturated rings. The van der Waals surface area contributed by atoms with E-state index >= 15 is 0 Å². The normalized spacial score (nSPS) is 10.8. The number of nitrogens with zero attached hydrogens (tertiary/aromatic N) is 2. The second kappa shape index (κ2) is 6.99. The number of aromatic nitrogens is 3. The Bertz CT molecular complexity index is 1120. The summed E-state index contributed by atoms with van der Waals surface area (Å²) in [5, 5.41) is 5.83. The number of amides is 1. The van der Waals surface area contributed by atoms with Gasteiger partial charge in [0.2, 0.25) is 0 Å². The van der Waals surface area contributed by atoms with Gasteiger partial charge >= 0.3 is 0 Å². The second-order valence-electron chi connectivity index (χ2n) is 5.55. The molecular formula is C18H14N4OS3. The van der Waals surface area contributed by atoms with E-state index in [0.717, 1.165) is 21.3 Å². The van der Waals surface area contributed by atoms with Crippen LogP contribution in [0.25, 0.3) is 15.6 Å². The highest BCUT2D eigenvalue weighted by Crippen LogP contribution is 2.31. The van der Waals surface area contributed by atoms with Crippen molar-refractivity contribution in [2.75, 3.05) is 5.32 Å². The van der Waals surface area contributed by atoms with Crippen molar-refractivity contribution in [2.45, 2.75) is 6.92 Å². The molecule has 0 saturated heterocycles. The molecule has 0 atom stereocenters. The van der Waals surface area contributed by atoms with Gasteiger partial charge in [-0.2, -0.15) is 0 Å². The lowest BCUT2D eigenvalue weighted by molar-refractivity contribution is 0.103. The summed E-state index contributed by atoms with van der Waals surface area (Å²) in [6, 6.07) is 11.6. The van der Waals surface area contributed by atoms with Crippen LogP contribution in [0.5, 0.6) is 0 Å². The number of hydrogen-bond acceptors (Lipinski definition) is 5. The molecule has 8 heteroatoms. The molecule has 5 nitrogen and oxygen atoms in total. The maximum atomic E-state index is 12.7. The number of H-pyrrole nitrogens is 1. The number of thiazole rings is 1. The quantitative estimate of drug-likeness (QED) is 0.460. The summed E-state index contributed by atoms with van der Waals surface area (Å²) in [7, 11) is 0. The van der Waals surface area contributed by atoms with E-state index in [0.29, 0.717) is 15.3 Å². The number of thiophene rings is 1. The minimum atomic E-state index is -0.155. The molecule has 0 saturated carbocycles. The van der Waals surface area contributed by atoms with Crippen molar-refractivity contribution in [1.29, 1.82) is 0 Å². The van der Waals surface area contributed by atoms with Crippen molar-refractivity contribution in [3.8, 4) is 15.6 Å². The Hall–Kier alpha value is -2.55. The lowest BCUT2D eigenvalue weighted by Gasteiger charge is -2.07. The van der Waals surface area contributed by atoms with Gasteiger partial charge in [0.05, 0.1) is 10.6 Å². The molecule has 4 rings (SSSR count). The van der Waals surface area contributed by atoms with Crippen molar-refractivity contribution >= 4 is 46.5 Å². The number of nitrogens with one attached hydrogen (secondary N) is 2. The third kappa shape index (κ3) is 3.26. The monoisotopic (exact) mass is 398 g/mol. The van der Waals surface area contributed by atoms with Crippen LogP contribution in [0.2, 0.25) is 0 Å². The van der Waals surface area contributed by atoms with Crippen molar-refractivity contribution in [1.82, 2.24) is 14.5 Å². The molecule has 130 valence electrons. The van der Waals surface area contributed by atoms with Crippen LogP contribution in [0, 0.1) is 11.7 Å². The molecule has 1 aromatic carbocycles. The predicted molar refractivity (Wildman–Crippen MR) is 109 cm³/mol. The maximum Gasteiger partial charge on any atom is 0.267 e. The average Bonchev–Trinajstić information content (AvgIpc) is 3.35. The molecule has 26 heavy (non-hydrogen) atoms. The molecule has 0 aliphatic carbocycles. The first-order valence-electron chi connectivity index (χ1n) is 7.81. The summed E-state index contributed by atoms with van der Waals surface area (Å²) >= 11 is 8.27. The van der Waals surface area contributed by atoms with Gasteiger partial charge in [0.1, 0.15) is 9.88 Å². The van der Waals surface area contributed by atoms with E-state index in [1.165, 1.54) is 11.3 Å². The van der Waals surface area contributed by atoms with Crippen molar-refractivity contribution in [3.05, 3.63) is 69.5 Å². The Balaban J connectivity index is 1.59. The Kier molecular flexibility index (Phi) is 4.54. The fraction of sp³-hybridized carbons (Fsp3) is 0.0556. The highest BCUT2D eigenvalue weighted by Gasteiger charge is 2.17. The van der Waals surface area contributed by atoms with Crippen LogP contribution >= 0.6 is 34.9 Å². The number of imidazole rings is 1. The number of aryl methyl sites for hydroxylation is 1. The molecule has 3 aromatic heterocycles. The molecule has 0 aliphatic rings. The fourth-order valence-corrected chi connectivity index (χ4v) is 4.55. The van der Waals surface area contributed by atoms with Gasteiger partial charge in [-0.15, -0.1) is 22.7 Å². The minimum Gasteiger partial charge on any atom is -0.337 e. The van der Waals surface area contributed by atoms with Gasteiger partial charge in [-0.25, -0.2) is 4.98 Å². The van der Waals surface area contributed by atoms with Gasteiger partial charge < -0.3 is 10.3 Å². The van der Waals surface area contributed by atoms with E-state index in [-0.39, 0.29) is 5.91 Å². The Morgan fingerprint density at radius 3 is 2.92 bits per heavy atom. The smallest absolute Gasteiger partial charge is 0.267 e. The average molecular weight is 399 g/mol. The van der Waals surface area contributed by atoms with E-state index in [1.54, 1.807) is 17.5 Å². The van der Waals surface area contributed by atoms with Crippen molar-refractivity contribution < 1.29 is 4.79 Å². The SMILES string of the molecule is Cc1nc(-c2cccs2)sc1C(=O)Nc1cccc(-n2cc[nH]c2=S)c1. The van der Waals surface area contributed by atoms with Crippen LogP contribution in [0.3, 0.4) is 0 Å². The van der Waals surface area contributed by atoms with E-state index < -0.39 is 0 Å². The maximum absolute atomic E-state index is 12.7. The van der Waals surface area contributed by atoms with Gasteiger partial charge in [-0.3, -0.25) is 9.36 Å². The summed E-state index contributed by atoms with van der Waals surface area (Å²) in [5.74, 6) is -0.155. The van der Waals surface area contributed by atoms with Crippen LogP contribution in [-0.2, 0) is 0 Å². The Morgan fingerprint density at radius 1 is 1.31 bits per heavy atom. The van der Waals surface area contributed by atoms with Gasteiger partial charge in [0.15, 0.2) is 4.77 Å². The number of benzene rings is 1. The number of aromatic amines is 1. The van der Waals surface area contributed by atoms with Crippen LogP contribution in [0.15, 0.2) is 54.2 Å². The van der Waals surface area contributed by atoms with Gasteiger partial charge in [-0.1, -0.05) is 12.1 Å². The Morgan fingerprint density at radius 2 is 2.19 bits per heavy atom. The van der Waals surface area contributed by atoms with Crippen LogP contribution in [0.1, 0.15) is 15.4 Å². The zero-order chi connectivity index (χ0) is 18.1. The first-order valence-corrected chi connectivity index (χ1v) is 9.91. The van der Waals surface area contributed by atoms with E-state index in [4.69, 9.17) is 12.2 Å². The van der Waals surface area contributed by atoms with Gasteiger partial charge in [-0.05, 0) is 48.8 Å². The first kappa shape index (κ1) is 16.9. The van der Waals surface area contributed by atoms with Crippen molar-refractivity contribution in [3.63, 3.8) is 0 Å². The molecule has 0 bridgehead atoms. The van der Waals surface area contributed by atoms with E-state index in [1.807, 2.05) is 59.5 Å². The summed E-state index contributed by atoms with van der Waals surface area (Å²) in [6.45, 7) is 1.86. The zero-order valence-electron chi connectivity index (χ0n) is 13.7. The summed E-state index contributed by atoms with van der Waals surface area (Å²) in [5.41, 5.74) is 2.33. The molecule has 0 aliphatic heterocycles. The number of carbonyl (C=O) groups is 1. The molecule has 4 aromatic rings. The third-order valence-corrected chi connectivity index (χ3v) is 6.28. The number of anilines is 1.